The van der Waals surface area contributed by atoms with E-state index >= 15 is 0 Å². The van der Waals surface area contributed by atoms with Crippen molar-refractivity contribution in [2.45, 2.75) is 26.4 Å². The van der Waals surface area contributed by atoms with E-state index in [-0.39, 0.29) is 5.91 Å². The van der Waals surface area contributed by atoms with Crippen LogP contribution in [0.2, 0.25) is 0 Å². The number of carbonyl (C=O) groups excluding carboxylic acids is 1. The lowest BCUT2D eigenvalue weighted by molar-refractivity contribution is 0.102. The largest absolute Gasteiger partial charge is 0.489 e. The summed E-state index contributed by atoms with van der Waals surface area (Å²) < 4.78 is 5.76. The van der Waals surface area contributed by atoms with E-state index in [0.29, 0.717) is 17.9 Å². The number of nitrogens with one attached hydrogen (secondary N) is 1. The second kappa shape index (κ2) is 8.81. The van der Waals surface area contributed by atoms with Crippen LogP contribution in [0, 0.1) is 0 Å². The lowest BCUT2D eigenvalue weighted by Crippen LogP contribution is -2.12. The maximum Gasteiger partial charge on any atom is 0.255 e. The van der Waals surface area contributed by atoms with Crippen molar-refractivity contribution >= 4 is 11.6 Å². The van der Waals surface area contributed by atoms with Gasteiger partial charge in [-0.05, 0) is 48.4 Å². The summed E-state index contributed by atoms with van der Waals surface area (Å²) in [5.74, 6) is 0.500. The molecular formula is C22H22N2O2. The molecular weight excluding hydrogens is 324 g/mol. The van der Waals surface area contributed by atoms with Gasteiger partial charge >= 0.3 is 0 Å². The minimum atomic E-state index is -0.153. The number of rotatable bonds is 7. The molecule has 26 heavy (non-hydrogen) atoms. The minimum Gasteiger partial charge on any atom is -0.489 e. The average Bonchev–Trinajstić information content (AvgIpc) is 2.69. The van der Waals surface area contributed by atoms with Gasteiger partial charge in [0.1, 0.15) is 12.4 Å². The van der Waals surface area contributed by atoms with Crippen molar-refractivity contribution in [3.8, 4) is 5.75 Å². The molecule has 0 aliphatic heterocycles. The Kier molecular flexibility index (Phi) is 5.99. The van der Waals surface area contributed by atoms with E-state index in [9.17, 15) is 4.79 Å². The highest BCUT2D eigenvalue weighted by atomic mass is 16.5. The third-order valence-corrected chi connectivity index (χ3v) is 3.97. The van der Waals surface area contributed by atoms with Crippen LogP contribution in [-0.2, 0) is 13.0 Å². The number of pyridine rings is 1. The fourth-order valence-electron chi connectivity index (χ4n) is 2.62. The summed E-state index contributed by atoms with van der Waals surface area (Å²) in [5.41, 5.74) is 3.61. The van der Waals surface area contributed by atoms with Gasteiger partial charge in [0.05, 0.1) is 0 Å². The van der Waals surface area contributed by atoms with E-state index in [1.165, 1.54) is 5.56 Å². The van der Waals surface area contributed by atoms with Gasteiger partial charge in [0.15, 0.2) is 0 Å². The van der Waals surface area contributed by atoms with Crippen LogP contribution in [0.3, 0.4) is 0 Å². The van der Waals surface area contributed by atoms with Crippen molar-refractivity contribution in [2.24, 2.45) is 0 Å². The second-order valence-corrected chi connectivity index (χ2v) is 6.08. The maximum atomic E-state index is 12.5. The predicted molar refractivity (Wildman–Crippen MR) is 103 cm³/mol. The molecule has 0 spiro atoms. The number of anilines is 1. The van der Waals surface area contributed by atoms with Crippen molar-refractivity contribution in [3.63, 3.8) is 0 Å². The molecule has 0 radical (unpaired) electrons. The molecule has 1 heterocycles. The quantitative estimate of drug-likeness (QED) is 0.664. The molecule has 3 rings (SSSR count). The molecule has 0 aliphatic rings. The van der Waals surface area contributed by atoms with Gasteiger partial charge in [-0.25, -0.2) is 0 Å². The normalized spacial score (nSPS) is 10.3. The van der Waals surface area contributed by atoms with Gasteiger partial charge in [0, 0.05) is 29.2 Å². The van der Waals surface area contributed by atoms with Gasteiger partial charge in [-0.2, -0.15) is 0 Å². The Hall–Kier alpha value is -3.14. The fraction of sp³-hybridized carbons (Fsp3) is 0.182. The number of ether oxygens (including phenoxy) is 1. The topological polar surface area (TPSA) is 51.2 Å². The van der Waals surface area contributed by atoms with E-state index in [2.05, 4.69) is 17.2 Å². The molecule has 2 aromatic carbocycles. The molecule has 0 saturated carbocycles. The summed E-state index contributed by atoms with van der Waals surface area (Å²) in [5, 5.41) is 2.92. The molecule has 0 atom stereocenters. The highest BCUT2D eigenvalue weighted by molar-refractivity contribution is 6.04. The minimum absolute atomic E-state index is 0.153. The Morgan fingerprint density at radius 1 is 1.04 bits per heavy atom. The van der Waals surface area contributed by atoms with Crippen LogP contribution in [0.1, 0.15) is 34.8 Å². The summed E-state index contributed by atoms with van der Waals surface area (Å²) in [6, 6.07) is 19.0. The number of nitrogens with zero attached hydrogens (tertiary/aromatic N) is 1. The lowest BCUT2D eigenvalue weighted by Gasteiger charge is -2.09. The molecule has 1 aromatic heterocycles. The number of hydrogen-bond acceptors (Lipinski definition) is 3. The average molecular weight is 346 g/mol. The van der Waals surface area contributed by atoms with Crippen LogP contribution in [0.25, 0.3) is 0 Å². The predicted octanol–water partition coefficient (Wildman–Crippen LogP) is 4.87. The maximum absolute atomic E-state index is 12.5. The van der Waals surface area contributed by atoms with Crippen LogP contribution in [0.4, 0.5) is 5.69 Å². The zero-order chi connectivity index (χ0) is 18.2. The van der Waals surface area contributed by atoms with Gasteiger partial charge in [-0.3, -0.25) is 9.78 Å². The first kappa shape index (κ1) is 17.7. The first-order chi connectivity index (χ1) is 12.7. The molecule has 4 heteroatoms. The summed E-state index contributed by atoms with van der Waals surface area (Å²) in [7, 11) is 0. The summed E-state index contributed by atoms with van der Waals surface area (Å²) in [4.78, 5) is 16.5. The molecule has 0 saturated heterocycles. The Morgan fingerprint density at radius 2 is 1.88 bits per heavy atom. The van der Waals surface area contributed by atoms with E-state index in [1.807, 2.05) is 48.5 Å². The SMILES string of the molecule is CCCc1ccc(NC(=O)c2cccc(OCc3cccnc3)c2)cc1. The molecule has 0 fully saturated rings. The van der Waals surface area contributed by atoms with Crippen LogP contribution in [0.15, 0.2) is 73.1 Å². The third-order valence-electron chi connectivity index (χ3n) is 3.97. The third kappa shape index (κ3) is 4.93. The Labute approximate surface area is 153 Å². The smallest absolute Gasteiger partial charge is 0.255 e. The number of aromatic nitrogens is 1. The first-order valence-corrected chi connectivity index (χ1v) is 8.76. The van der Waals surface area contributed by atoms with Crippen LogP contribution < -0.4 is 10.1 Å². The molecule has 0 aliphatic carbocycles. The highest BCUT2D eigenvalue weighted by Gasteiger charge is 2.08. The summed E-state index contributed by atoms with van der Waals surface area (Å²) in [6.45, 7) is 2.57. The Balaban J connectivity index is 1.62. The Bertz CT molecular complexity index is 846. The second-order valence-electron chi connectivity index (χ2n) is 6.08. The summed E-state index contributed by atoms with van der Waals surface area (Å²) >= 11 is 0. The van der Waals surface area contributed by atoms with Gasteiger partial charge in [-0.15, -0.1) is 0 Å². The van der Waals surface area contributed by atoms with Crippen molar-refractivity contribution in [1.82, 2.24) is 4.98 Å². The van der Waals surface area contributed by atoms with Gasteiger partial charge < -0.3 is 10.1 Å². The van der Waals surface area contributed by atoms with E-state index in [0.717, 1.165) is 24.1 Å². The molecule has 3 aromatic rings. The number of aryl methyl sites for hydroxylation is 1. The monoisotopic (exact) mass is 346 g/mol. The van der Waals surface area contributed by atoms with E-state index in [1.54, 1.807) is 24.5 Å². The van der Waals surface area contributed by atoms with Gasteiger partial charge in [0.25, 0.3) is 5.91 Å². The zero-order valence-corrected chi connectivity index (χ0v) is 14.8. The van der Waals surface area contributed by atoms with Crippen molar-refractivity contribution < 1.29 is 9.53 Å². The van der Waals surface area contributed by atoms with Crippen LogP contribution in [-0.4, -0.2) is 10.9 Å². The highest BCUT2D eigenvalue weighted by Crippen LogP contribution is 2.17. The van der Waals surface area contributed by atoms with Gasteiger partial charge in [-0.1, -0.05) is 37.6 Å². The number of hydrogen-bond donors (Lipinski definition) is 1. The number of amides is 1. The van der Waals surface area contributed by atoms with Crippen LogP contribution >= 0.6 is 0 Å². The standard InChI is InChI=1S/C22H22N2O2/c1-2-5-17-9-11-20(12-10-17)24-22(25)19-7-3-8-21(14-19)26-16-18-6-4-13-23-15-18/h3-4,6-15H,2,5,16H2,1H3,(H,24,25). The summed E-state index contributed by atoms with van der Waals surface area (Å²) in [6.07, 6.45) is 5.64. The molecule has 132 valence electrons. The first-order valence-electron chi connectivity index (χ1n) is 8.76. The molecule has 0 bridgehead atoms. The zero-order valence-electron chi connectivity index (χ0n) is 14.8. The van der Waals surface area contributed by atoms with Crippen molar-refractivity contribution in [3.05, 3.63) is 89.7 Å². The van der Waals surface area contributed by atoms with Crippen LogP contribution in [0.5, 0.6) is 5.75 Å². The molecule has 0 unspecified atom stereocenters. The molecule has 4 nitrogen and oxygen atoms in total. The lowest BCUT2D eigenvalue weighted by atomic mass is 10.1. The van der Waals surface area contributed by atoms with E-state index < -0.39 is 0 Å². The number of benzene rings is 2. The van der Waals surface area contributed by atoms with Crippen molar-refractivity contribution in [1.29, 1.82) is 0 Å². The molecule has 1 amide bonds. The Morgan fingerprint density at radius 3 is 2.62 bits per heavy atom. The fourth-order valence-corrected chi connectivity index (χ4v) is 2.62. The van der Waals surface area contributed by atoms with Crippen molar-refractivity contribution in [2.75, 3.05) is 5.32 Å². The number of carbonyl (C=O) groups is 1. The van der Waals surface area contributed by atoms with E-state index in [4.69, 9.17) is 4.74 Å². The van der Waals surface area contributed by atoms with Gasteiger partial charge in [0.2, 0.25) is 0 Å². The molecule has 1 N–H and O–H groups in total.